The van der Waals surface area contributed by atoms with Crippen LogP contribution in [-0.2, 0) is 19.6 Å². The van der Waals surface area contributed by atoms with Crippen molar-refractivity contribution < 1.29 is 17.9 Å². The van der Waals surface area contributed by atoms with Gasteiger partial charge in [0.05, 0.1) is 25.0 Å². The van der Waals surface area contributed by atoms with E-state index in [1.165, 1.54) is 0 Å². The average molecular weight is 251 g/mol. The molecule has 0 atom stereocenters. The summed E-state index contributed by atoms with van der Waals surface area (Å²) < 4.78 is 30.2. The van der Waals surface area contributed by atoms with E-state index in [9.17, 15) is 13.2 Å². The lowest BCUT2D eigenvalue weighted by atomic mass is 10.1. The topological polar surface area (TPSA) is 72.5 Å². The quantitative estimate of drug-likeness (QED) is 0.684. The molecule has 5 nitrogen and oxygen atoms in total. The van der Waals surface area contributed by atoms with Crippen molar-refractivity contribution in [2.24, 2.45) is 5.92 Å². The monoisotopic (exact) mass is 251 g/mol. The van der Waals surface area contributed by atoms with Crippen LogP contribution in [0.2, 0.25) is 0 Å². The lowest BCUT2D eigenvalue weighted by Crippen LogP contribution is -2.34. The molecule has 0 saturated heterocycles. The van der Waals surface area contributed by atoms with E-state index in [2.05, 4.69) is 4.72 Å². The summed E-state index contributed by atoms with van der Waals surface area (Å²) in [6.45, 7) is 7.15. The van der Waals surface area contributed by atoms with Crippen LogP contribution in [0.5, 0.6) is 0 Å². The Labute approximate surface area is 97.6 Å². The molecule has 0 bridgehead atoms. The summed E-state index contributed by atoms with van der Waals surface area (Å²) in [5.74, 6) is -0.390. The number of ketones is 1. The van der Waals surface area contributed by atoms with Gasteiger partial charge in [-0.1, -0.05) is 13.8 Å². The van der Waals surface area contributed by atoms with E-state index in [4.69, 9.17) is 4.74 Å². The van der Waals surface area contributed by atoms with Crippen LogP contribution in [0.4, 0.5) is 0 Å². The Morgan fingerprint density at radius 2 is 1.81 bits per heavy atom. The summed E-state index contributed by atoms with van der Waals surface area (Å²) in [5.41, 5.74) is 0. The van der Waals surface area contributed by atoms with Crippen molar-refractivity contribution >= 4 is 15.8 Å². The maximum absolute atomic E-state index is 11.4. The summed E-state index contributed by atoms with van der Waals surface area (Å²) in [7, 11) is -3.40. The first-order valence-corrected chi connectivity index (χ1v) is 7.01. The standard InChI is InChI=1S/C10H21NO4S/c1-8(2)10(12)7-11-16(13,14)6-5-15-9(3)4/h8-9,11H,5-7H2,1-4H3. The zero-order valence-electron chi connectivity index (χ0n) is 10.3. The Balaban J connectivity index is 3.93. The summed E-state index contributed by atoms with van der Waals surface area (Å²) in [4.78, 5) is 11.2. The first-order valence-electron chi connectivity index (χ1n) is 5.36. The minimum atomic E-state index is -3.40. The van der Waals surface area contributed by atoms with E-state index in [0.717, 1.165) is 0 Å². The van der Waals surface area contributed by atoms with Gasteiger partial charge in [-0.3, -0.25) is 4.79 Å². The summed E-state index contributed by atoms with van der Waals surface area (Å²) >= 11 is 0. The smallest absolute Gasteiger partial charge is 0.214 e. The predicted molar refractivity (Wildman–Crippen MR) is 62.7 cm³/mol. The molecule has 0 fully saturated rings. The Morgan fingerprint density at radius 1 is 1.25 bits per heavy atom. The Hall–Kier alpha value is -0.460. The molecule has 0 aliphatic heterocycles. The molecule has 0 radical (unpaired) electrons. The van der Waals surface area contributed by atoms with Gasteiger partial charge in [-0.2, -0.15) is 0 Å². The highest BCUT2D eigenvalue weighted by atomic mass is 32.2. The molecule has 0 saturated carbocycles. The Bertz CT molecular complexity index is 309. The highest BCUT2D eigenvalue weighted by Gasteiger charge is 2.14. The fraction of sp³-hybridized carbons (Fsp3) is 0.900. The van der Waals surface area contributed by atoms with Crippen molar-refractivity contribution in [1.82, 2.24) is 4.72 Å². The van der Waals surface area contributed by atoms with Gasteiger partial charge in [0.25, 0.3) is 0 Å². The molecule has 1 N–H and O–H groups in total. The molecule has 0 aromatic heterocycles. The predicted octanol–water partition coefficient (Wildman–Crippen LogP) is 0.556. The van der Waals surface area contributed by atoms with E-state index >= 15 is 0 Å². The van der Waals surface area contributed by atoms with Crippen LogP contribution < -0.4 is 4.72 Å². The third-order valence-electron chi connectivity index (χ3n) is 1.91. The Kier molecular flexibility index (Phi) is 6.78. The maximum atomic E-state index is 11.4. The molecule has 16 heavy (non-hydrogen) atoms. The zero-order valence-corrected chi connectivity index (χ0v) is 11.1. The molecular weight excluding hydrogens is 230 g/mol. The fourth-order valence-corrected chi connectivity index (χ4v) is 1.67. The normalized spacial score (nSPS) is 12.4. The molecule has 0 heterocycles. The number of nitrogens with one attached hydrogen (secondary N) is 1. The second kappa shape index (κ2) is 6.98. The van der Waals surface area contributed by atoms with Crippen molar-refractivity contribution in [1.29, 1.82) is 0 Å². The number of hydrogen-bond acceptors (Lipinski definition) is 4. The third kappa shape index (κ3) is 7.78. The van der Waals surface area contributed by atoms with Crippen LogP contribution in [0.25, 0.3) is 0 Å². The lowest BCUT2D eigenvalue weighted by Gasteiger charge is -2.09. The fourth-order valence-electron chi connectivity index (χ4n) is 0.851. The van der Waals surface area contributed by atoms with E-state index < -0.39 is 10.0 Å². The van der Waals surface area contributed by atoms with Gasteiger partial charge in [0, 0.05) is 5.92 Å². The molecule has 0 spiro atoms. The molecule has 0 amide bonds. The second-order valence-electron chi connectivity index (χ2n) is 4.18. The zero-order chi connectivity index (χ0) is 12.8. The highest BCUT2D eigenvalue weighted by Crippen LogP contribution is 1.94. The van der Waals surface area contributed by atoms with E-state index in [0.29, 0.717) is 0 Å². The van der Waals surface area contributed by atoms with E-state index in [1.54, 1.807) is 13.8 Å². The maximum Gasteiger partial charge on any atom is 0.214 e. The minimum absolute atomic E-state index is 0.00694. The molecule has 0 aromatic rings. The van der Waals surface area contributed by atoms with Crippen molar-refractivity contribution in [3.05, 3.63) is 0 Å². The van der Waals surface area contributed by atoms with Crippen molar-refractivity contribution in [2.45, 2.75) is 33.8 Å². The van der Waals surface area contributed by atoms with Gasteiger partial charge in [-0.25, -0.2) is 13.1 Å². The number of hydrogen-bond donors (Lipinski definition) is 1. The number of ether oxygens (including phenoxy) is 1. The number of sulfonamides is 1. The van der Waals surface area contributed by atoms with Gasteiger partial charge < -0.3 is 4.74 Å². The lowest BCUT2D eigenvalue weighted by molar-refractivity contribution is -0.120. The second-order valence-corrected chi connectivity index (χ2v) is 6.11. The summed E-state index contributed by atoms with van der Waals surface area (Å²) in [5, 5.41) is 0. The van der Waals surface area contributed by atoms with Gasteiger partial charge in [0.1, 0.15) is 5.78 Å². The summed E-state index contributed by atoms with van der Waals surface area (Å²) in [6.07, 6.45) is 0.00694. The van der Waals surface area contributed by atoms with Crippen molar-refractivity contribution in [2.75, 3.05) is 18.9 Å². The van der Waals surface area contributed by atoms with Crippen LogP contribution in [0.15, 0.2) is 0 Å². The molecule has 0 aliphatic rings. The number of carbonyl (C=O) groups is 1. The number of rotatable bonds is 8. The van der Waals surface area contributed by atoms with Crippen LogP contribution in [0.1, 0.15) is 27.7 Å². The minimum Gasteiger partial charge on any atom is -0.378 e. The first kappa shape index (κ1) is 15.5. The first-order chi connectivity index (χ1) is 7.24. The molecule has 6 heteroatoms. The molecule has 96 valence electrons. The SMILES string of the molecule is CC(C)OCCS(=O)(=O)NCC(=O)C(C)C. The van der Waals surface area contributed by atoms with Gasteiger partial charge in [-0.05, 0) is 13.8 Å². The van der Waals surface area contributed by atoms with Crippen molar-refractivity contribution in [3.63, 3.8) is 0 Å². The van der Waals surface area contributed by atoms with Crippen LogP contribution in [0.3, 0.4) is 0 Å². The Morgan fingerprint density at radius 3 is 2.25 bits per heavy atom. The van der Waals surface area contributed by atoms with Gasteiger partial charge in [0.2, 0.25) is 10.0 Å². The van der Waals surface area contributed by atoms with Gasteiger partial charge >= 0.3 is 0 Å². The van der Waals surface area contributed by atoms with Crippen molar-refractivity contribution in [3.8, 4) is 0 Å². The molecule has 0 rings (SSSR count). The van der Waals surface area contributed by atoms with E-state index in [-0.39, 0.29) is 36.7 Å². The molecule has 0 aromatic carbocycles. The van der Waals surface area contributed by atoms with E-state index in [1.807, 2.05) is 13.8 Å². The molecule has 0 aliphatic carbocycles. The van der Waals surface area contributed by atoms with Crippen LogP contribution in [-0.4, -0.2) is 39.2 Å². The van der Waals surface area contributed by atoms with Gasteiger partial charge in [0.15, 0.2) is 0 Å². The van der Waals surface area contributed by atoms with Gasteiger partial charge in [-0.15, -0.1) is 0 Å². The van der Waals surface area contributed by atoms with Crippen LogP contribution in [0, 0.1) is 5.92 Å². The number of Topliss-reactive ketones (excluding diaryl/α,β-unsaturated/α-hetero) is 1. The molecule has 0 unspecified atom stereocenters. The number of carbonyl (C=O) groups excluding carboxylic acids is 1. The summed E-state index contributed by atoms with van der Waals surface area (Å²) in [6, 6.07) is 0. The molecular formula is C10H21NO4S. The highest BCUT2D eigenvalue weighted by molar-refractivity contribution is 7.89. The van der Waals surface area contributed by atoms with Crippen LogP contribution >= 0.6 is 0 Å². The largest absolute Gasteiger partial charge is 0.378 e. The average Bonchev–Trinajstić information content (AvgIpc) is 2.13. The third-order valence-corrected chi connectivity index (χ3v) is 3.20.